The Kier molecular flexibility index (Phi) is 28.2. The predicted molar refractivity (Wildman–Crippen MR) is 60.5 cm³/mol. The molecule has 0 aliphatic heterocycles. The lowest BCUT2D eigenvalue weighted by Crippen LogP contribution is -3.00. The van der Waals surface area contributed by atoms with Crippen molar-refractivity contribution in [2.45, 2.75) is 39.0 Å². The van der Waals surface area contributed by atoms with Crippen molar-refractivity contribution in [2.24, 2.45) is 0 Å². The van der Waals surface area contributed by atoms with Crippen molar-refractivity contribution in [1.29, 1.82) is 0 Å². The number of halogens is 2. The molecule has 0 spiro atoms. The van der Waals surface area contributed by atoms with Gasteiger partial charge < -0.3 is 39.6 Å². The highest BCUT2D eigenvalue weighted by molar-refractivity contribution is 4.38. The van der Waals surface area contributed by atoms with Crippen LogP contribution in [0.2, 0.25) is 0 Å². The second kappa shape index (κ2) is 17.1. The number of hydrogen-bond acceptors (Lipinski definition) is 0. The van der Waals surface area contributed by atoms with Gasteiger partial charge in [0, 0.05) is 0 Å². The number of nitrogens with zero attached hydrogens (tertiary/aromatic N) is 1. The summed E-state index contributed by atoms with van der Waals surface area (Å²) in [6, 6.07) is 0. The molecule has 0 radical (unpaired) electrons. The van der Waals surface area contributed by atoms with Crippen LogP contribution in [0.4, 0.5) is 0 Å². The Balaban J connectivity index is -0.0000000770. The van der Waals surface area contributed by atoms with Gasteiger partial charge in [-0.05, 0) is 12.8 Å². The van der Waals surface area contributed by atoms with E-state index in [-0.39, 0.29) is 29.4 Å². The molecule has 0 amide bonds. The van der Waals surface area contributed by atoms with Gasteiger partial charge in [-0.25, -0.2) is 0 Å². The molecular weight excluding hydrogens is 275 g/mol. The van der Waals surface area contributed by atoms with Crippen LogP contribution in [0, 0.1) is 0 Å². The molecule has 4 heteroatoms. The molecule has 0 aromatic carbocycles. The molecule has 15 heavy (non-hydrogen) atoms. The molecule has 0 saturated heterocycles. The third-order valence-corrected chi connectivity index (χ3v) is 1.35. The Bertz CT molecular complexity index is 83.1. The van der Waals surface area contributed by atoms with Crippen LogP contribution >= 0.6 is 0 Å². The Hall–Kier alpha value is 0.690. The monoisotopic (exact) mass is 304 g/mol. The van der Waals surface area contributed by atoms with Crippen molar-refractivity contribution in [3.8, 4) is 0 Å². The minimum atomic E-state index is 0. The quantitative estimate of drug-likeness (QED) is 0.392. The maximum Gasteiger partial charge on any atom is 0.0739 e. The van der Waals surface area contributed by atoms with Crippen molar-refractivity contribution >= 4 is 0 Å². The van der Waals surface area contributed by atoms with E-state index in [4.69, 9.17) is 0 Å². The second-order valence-corrected chi connectivity index (χ2v) is 4.95. The van der Waals surface area contributed by atoms with Gasteiger partial charge in [-0.1, -0.05) is 26.2 Å². The lowest BCUT2D eigenvalue weighted by atomic mass is 10.2. The van der Waals surface area contributed by atoms with Crippen molar-refractivity contribution < 1.29 is 39.6 Å². The first-order valence-corrected chi connectivity index (χ1v) is 5.50. The molecule has 0 aromatic heterocycles. The second-order valence-electron chi connectivity index (χ2n) is 4.95. The lowest BCUT2D eigenvalue weighted by Gasteiger charge is -2.14. The molecule has 3 N–H and O–H groups in total. The summed E-state index contributed by atoms with van der Waals surface area (Å²) in [4.78, 5) is 0. The standard InChI is InChI=1S/C7H17N.C4H12N.BrH.ClH/c1-2-3-4-5-6-7-8;1-5(2,3)4;;/h2-8H2,1H3;1-4H3;2*1H/q;+1;;/p-1. The van der Waals surface area contributed by atoms with E-state index in [1.807, 2.05) is 0 Å². The average Bonchev–Trinajstić information content (AvgIpc) is 1.95. The van der Waals surface area contributed by atoms with Crippen molar-refractivity contribution in [3.05, 3.63) is 0 Å². The van der Waals surface area contributed by atoms with Crippen molar-refractivity contribution in [2.75, 3.05) is 34.7 Å². The normalized spacial score (nSPS) is 9.20. The topological polar surface area (TPSA) is 27.6 Å². The molecule has 0 unspecified atom stereocenters. The summed E-state index contributed by atoms with van der Waals surface area (Å²) in [6.45, 7) is 3.36. The molecule has 0 bridgehead atoms. The molecule has 0 saturated carbocycles. The number of rotatable bonds is 5. The van der Waals surface area contributed by atoms with Gasteiger partial charge >= 0.3 is 0 Å². The van der Waals surface area contributed by atoms with Crippen LogP contribution in [0.3, 0.4) is 0 Å². The highest BCUT2D eigenvalue weighted by atomic mass is 79.9. The summed E-state index contributed by atoms with van der Waals surface area (Å²) >= 11 is 0. The Labute approximate surface area is 113 Å². The minimum Gasteiger partial charge on any atom is -1.00 e. The van der Waals surface area contributed by atoms with Crippen LogP contribution in [0.1, 0.15) is 39.0 Å². The van der Waals surface area contributed by atoms with Crippen molar-refractivity contribution in [3.63, 3.8) is 0 Å². The Morgan fingerprint density at radius 2 is 1.20 bits per heavy atom. The molecule has 2 nitrogen and oxygen atoms in total. The van der Waals surface area contributed by atoms with Crippen LogP contribution in [-0.2, 0) is 0 Å². The van der Waals surface area contributed by atoms with Gasteiger partial charge in [-0.3, -0.25) is 0 Å². The zero-order valence-corrected chi connectivity index (χ0v) is 13.5. The third-order valence-electron chi connectivity index (χ3n) is 1.35. The van der Waals surface area contributed by atoms with E-state index in [0.717, 1.165) is 11.0 Å². The van der Waals surface area contributed by atoms with Gasteiger partial charge in [0.05, 0.1) is 34.7 Å². The van der Waals surface area contributed by atoms with E-state index >= 15 is 0 Å². The zero-order valence-electron chi connectivity index (χ0n) is 11.2. The number of unbranched alkanes of at least 4 members (excludes halogenated alkanes) is 4. The maximum atomic E-state index is 3.78. The van der Waals surface area contributed by atoms with Crippen LogP contribution in [-0.4, -0.2) is 39.2 Å². The first-order valence-electron chi connectivity index (χ1n) is 5.50. The molecule has 0 aromatic rings. The molecular formula is C11H30BrClN2. The fourth-order valence-corrected chi connectivity index (χ4v) is 0.780. The minimum absolute atomic E-state index is 0. The van der Waals surface area contributed by atoms with E-state index in [2.05, 4.69) is 40.8 Å². The van der Waals surface area contributed by atoms with E-state index < -0.39 is 0 Å². The lowest BCUT2D eigenvalue weighted by molar-refractivity contribution is -0.849. The molecule has 0 heterocycles. The molecule has 0 aliphatic carbocycles. The van der Waals surface area contributed by atoms with Crippen LogP contribution in [0.5, 0.6) is 0 Å². The fourth-order valence-electron chi connectivity index (χ4n) is 0.780. The van der Waals surface area contributed by atoms with Gasteiger partial charge in [0.1, 0.15) is 0 Å². The smallest absolute Gasteiger partial charge is 0.0739 e. The zero-order chi connectivity index (χ0) is 10.7. The molecule has 98 valence electrons. The summed E-state index contributed by atoms with van der Waals surface area (Å²) in [5.74, 6) is 0. The molecule has 0 rings (SSSR count). The maximum absolute atomic E-state index is 3.78. The van der Waals surface area contributed by atoms with E-state index in [0.29, 0.717) is 0 Å². The van der Waals surface area contributed by atoms with Gasteiger partial charge in [0.25, 0.3) is 0 Å². The summed E-state index contributed by atoms with van der Waals surface area (Å²) in [5.41, 5.74) is 3.78. The van der Waals surface area contributed by atoms with Gasteiger partial charge in [0.2, 0.25) is 0 Å². The largest absolute Gasteiger partial charge is 1.00 e. The summed E-state index contributed by atoms with van der Waals surface area (Å²) in [7, 11) is 8.50. The van der Waals surface area contributed by atoms with Gasteiger partial charge in [-0.2, -0.15) is 0 Å². The van der Waals surface area contributed by atoms with Crippen LogP contribution < -0.4 is 35.1 Å². The Morgan fingerprint density at radius 3 is 1.47 bits per heavy atom. The fraction of sp³-hybridized carbons (Fsp3) is 1.00. The highest BCUT2D eigenvalue weighted by Gasteiger charge is 1.88. The van der Waals surface area contributed by atoms with Crippen LogP contribution in [0.15, 0.2) is 0 Å². The third kappa shape index (κ3) is 73.1. The molecule has 0 aliphatic rings. The van der Waals surface area contributed by atoms with Gasteiger partial charge in [-0.15, -0.1) is 0 Å². The predicted octanol–water partition coefficient (Wildman–Crippen LogP) is -4.47. The SMILES string of the molecule is CCCCCCC[NH3+].C[N+](C)(C)C.[Br-].[Cl-]. The number of hydrogen-bond donors (Lipinski definition) is 1. The van der Waals surface area contributed by atoms with Crippen LogP contribution in [0.25, 0.3) is 0 Å². The molecule has 0 atom stereocenters. The molecule has 0 fully saturated rings. The van der Waals surface area contributed by atoms with E-state index in [9.17, 15) is 0 Å². The van der Waals surface area contributed by atoms with E-state index in [1.54, 1.807) is 0 Å². The number of quaternary nitrogens is 2. The first kappa shape index (κ1) is 24.8. The first-order chi connectivity index (χ1) is 5.91. The Morgan fingerprint density at radius 1 is 0.867 bits per heavy atom. The van der Waals surface area contributed by atoms with Gasteiger partial charge in [0.15, 0.2) is 0 Å². The highest BCUT2D eigenvalue weighted by Crippen LogP contribution is 1.99. The van der Waals surface area contributed by atoms with Crippen molar-refractivity contribution in [1.82, 2.24) is 0 Å². The summed E-state index contributed by atoms with van der Waals surface area (Å²) in [6.07, 6.45) is 6.86. The summed E-state index contributed by atoms with van der Waals surface area (Å²) < 4.78 is 1.00. The van der Waals surface area contributed by atoms with E-state index in [1.165, 1.54) is 32.1 Å². The summed E-state index contributed by atoms with van der Waals surface area (Å²) in [5, 5.41) is 0. The average molecular weight is 306 g/mol.